The fourth-order valence-corrected chi connectivity index (χ4v) is 4.16. The zero-order valence-corrected chi connectivity index (χ0v) is 17.0. The van der Waals surface area contributed by atoms with Crippen LogP contribution >= 0.6 is 0 Å². The molecule has 3 aromatic rings. The molecule has 0 bridgehead atoms. The Bertz CT molecular complexity index is 1090. The maximum atomic E-state index is 11.7. The molecule has 0 saturated carbocycles. The number of piperazine rings is 1. The number of pyridine rings is 2. The van der Waals surface area contributed by atoms with Crippen molar-refractivity contribution in [2.75, 3.05) is 43.9 Å². The summed E-state index contributed by atoms with van der Waals surface area (Å²) in [6, 6.07) is 13.6. The third-order valence-corrected chi connectivity index (χ3v) is 6.25. The molecule has 154 valence electrons. The average molecular weight is 413 g/mol. The molecule has 0 unspecified atom stereocenters. The average Bonchev–Trinajstić information content (AvgIpc) is 2.72. The Kier molecular flexibility index (Phi) is 6.19. The highest BCUT2D eigenvalue weighted by atomic mass is 32.2. The Hall–Kier alpha value is -2.51. The summed E-state index contributed by atoms with van der Waals surface area (Å²) in [5.41, 5.74) is 1.62. The van der Waals surface area contributed by atoms with Crippen LogP contribution < -0.4 is 4.90 Å². The predicted molar refractivity (Wildman–Crippen MR) is 119 cm³/mol. The summed E-state index contributed by atoms with van der Waals surface area (Å²) in [6.45, 7) is 7.21. The number of sulfone groups is 1. The van der Waals surface area contributed by atoms with Crippen LogP contribution in [-0.2, 0) is 9.84 Å². The van der Waals surface area contributed by atoms with Gasteiger partial charge in [-0.1, -0.05) is 38.6 Å². The minimum absolute atomic E-state index is 0. The van der Waals surface area contributed by atoms with Crippen molar-refractivity contribution in [3.05, 3.63) is 48.7 Å². The van der Waals surface area contributed by atoms with Gasteiger partial charge in [-0.15, -0.1) is 0 Å². The van der Waals surface area contributed by atoms with Crippen molar-refractivity contribution in [1.82, 2.24) is 14.9 Å². The molecule has 29 heavy (non-hydrogen) atoms. The Labute approximate surface area is 173 Å². The van der Waals surface area contributed by atoms with Crippen LogP contribution in [0.4, 0.5) is 5.82 Å². The summed E-state index contributed by atoms with van der Waals surface area (Å²) in [4.78, 5) is 13.9. The van der Waals surface area contributed by atoms with Crippen molar-refractivity contribution in [1.29, 1.82) is 0 Å². The van der Waals surface area contributed by atoms with E-state index >= 15 is 0 Å². The van der Waals surface area contributed by atoms with E-state index in [9.17, 15) is 8.42 Å². The van der Waals surface area contributed by atoms with Crippen LogP contribution in [0.3, 0.4) is 0 Å². The summed E-state index contributed by atoms with van der Waals surface area (Å²) >= 11 is 0. The van der Waals surface area contributed by atoms with Crippen molar-refractivity contribution in [2.24, 2.45) is 0 Å². The zero-order chi connectivity index (χ0) is 19.7. The first-order valence-electron chi connectivity index (χ1n) is 9.49. The molecule has 4 rings (SSSR count). The lowest BCUT2D eigenvalue weighted by Gasteiger charge is -2.35. The quantitative estimate of drug-likeness (QED) is 0.654. The number of rotatable bonds is 4. The fourth-order valence-electron chi connectivity index (χ4n) is 3.60. The van der Waals surface area contributed by atoms with Crippen molar-refractivity contribution < 1.29 is 8.42 Å². The van der Waals surface area contributed by atoms with Crippen LogP contribution in [0.2, 0.25) is 0 Å². The van der Waals surface area contributed by atoms with Gasteiger partial charge in [0.2, 0.25) is 0 Å². The number of benzene rings is 1. The lowest BCUT2D eigenvalue weighted by atomic mass is 10.1. The number of anilines is 1. The molecule has 2 aromatic heterocycles. The molecule has 0 atom stereocenters. The maximum Gasteiger partial charge on any atom is 0.192 e. The van der Waals surface area contributed by atoms with E-state index in [1.165, 1.54) is 0 Å². The molecule has 0 spiro atoms. The van der Waals surface area contributed by atoms with Crippen molar-refractivity contribution >= 4 is 26.4 Å². The number of likely N-dealkylation sites (N-methyl/N-ethyl adjacent to an activating group) is 1. The molecule has 0 N–H and O–H groups in total. The van der Waals surface area contributed by atoms with E-state index < -0.39 is 9.84 Å². The predicted octanol–water partition coefficient (Wildman–Crippen LogP) is 3.48. The minimum atomic E-state index is -3.31. The molecule has 0 aliphatic carbocycles. The van der Waals surface area contributed by atoms with Gasteiger partial charge in [0.05, 0.1) is 5.69 Å². The highest BCUT2D eigenvalue weighted by Gasteiger charge is 2.20. The lowest BCUT2D eigenvalue weighted by Crippen LogP contribution is -2.46. The van der Waals surface area contributed by atoms with Crippen LogP contribution in [-0.4, -0.2) is 62.3 Å². The molecule has 0 amide bonds. The van der Waals surface area contributed by atoms with Gasteiger partial charge in [0.25, 0.3) is 0 Å². The van der Waals surface area contributed by atoms with Gasteiger partial charge in [-0.2, -0.15) is 0 Å². The van der Waals surface area contributed by atoms with E-state index in [1.54, 1.807) is 18.3 Å². The summed E-state index contributed by atoms with van der Waals surface area (Å²) < 4.78 is 23.4. The monoisotopic (exact) mass is 412 g/mol. The van der Waals surface area contributed by atoms with E-state index in [2.05, 4.69) is 33.8 Å². The number of aromatic nitrogens is 2. The topological polar surface area (TPSA) is 66.4 Å². The zero-order valence-electron chi connectivity index (χ0n) is 16.2. The second kappa shape index (κ2) is 8.47. The van der Waals surface area contributed by atoms with Gasteiger partial charge in [0.15, 0.2) is 14.9 Å². The first-order chi connectivity index (χ1) is 13.5. The van der Waals surface area contributed by atoms with Gasteiger partial charge in [-0.25, -0.2) is 18.4 Å². The Morgan fingerprint density at radius 3 is 2.38 bits per heavy atom. The van der Waals surface area contributed by atoms with E-state index in [-0.39, 0.29) is 12.5 Å². The maximum absolute atomic E-state index is 11.7. The molecule has 1 aliphatic rings. The molecule has 7 heteroatoms. The number of hydrogen-bond acceptors (Lipinski definition) is 6. The van der Waals surface area contributed by atoms with Crippen LogP contribution in [0.15, 0.2) is 53.7 Å². The number of nitrogens with zero attached hydrogens (tertiary/aromatic N) is 4. The molecule has 1 aromatic carbocycles. The molecule has 1 fully saturated rings. The summed E-state index contributed by atoms with van der Waals surface area (Å²) in [7, 11) is -3.31. The third-order valence-electron chi connectivity index (χ3n) is 5.25. The van der Waals surface area contributed by atoms with E-state index in [4.69, 9.17) is 4.98 Å². The van der Waals surface area contributed by atoms with Crippen molar-refractivity contribution in [2.45, 2.75) is 19.4 Å². The Morgan fingerprint density at radius 1 is 1.03 bits per heavy atom. The smallest absolute Gasteiger partial charge is 0.192 e. The van der Waals surface area contributed by atoms with E-state index in [0.29, 0.717) is 0 Å². The van der Waals surface area contributed by atoms with Gasteiger partial charge in [0.1, 0.15) is 5.82 Å². The van der Waals surface area contributed by atoms with E-state index in [0.717, 1.165) is 66.8 Å². The Balaban J connectivity index is 0.00000240. The molecule has 1 aliphatic heterocycles. The first-order valence-corrected chi connectivity index (χ1v) is 11.4. The van der Waals surface area contributed by atoms with Gasteiger partial charge < -0.3 is 9.80 Å². The molecule has 1 saturated heterocycles. The van der Waals surface area contributed by atoms with E-state index in [1.807, 2.05) is 18.2 Å². The SMILES string of the molecule is C.CCN1CCN(c2nc(-c3ccc(S(C)(=O)=O)nc3)cc3ccccc23)CC1. The third kappa shape index (κ3) is 4.41. The second-order valence-electron chi connectivity index (χ2n) is 7.13. The van der Waals surface area contributed by atoms with Gasteiger partial charge in [-0.3, -0.25) is 0 Å². The standard InChI is InChI=1S/C21H24N4O2S.CH4/c1-3-24-10-12-25(13-11-24)21-18-7-5-4-6-16(18)14-19(23-21)17-8-9-20(22-15-17)28(2,26)27;/h4-9,14-15H,3,10-13H2,1-2H3;1H4. The van der Waals surface area contributed by atoms with Crippen LogP contribution in [0.1, 0.15) is 14.4 Å². The summed E-state index contributed by atoms with van der Waals surface area (Å²) in [5, 5.41) is 2.33. The lowest BCUT2D eigenvalue weighted by molar-refractivity contribution is 0.271. The summed E-state index contributed by atoms with van der Waals surface area (Å²) in [5.74, 6) is 0.982. The number of fused-ring (bicyclic) bond motifs is 1. The molecular weight excluding hydrogens is 384 g/mol. The molecule has 0 radical (unpaired) electrons. The van der Waals surface area contributed by atoms with Crippen LogP contribution in [0.25, 0.3) is 22.0 Å². The number of hydrogen-bond donors (Lipinski definition) is 0. The molecule has 6 nitrogen and oxygen atoms in total. The highest BCUT2D eigenvalue weighted by Crippen LogP contribution is 2.30. The largest absolute Gasteiger partial charge is 0.354 e. The summed E-state index contributed by atoms with van der Waals surface area (Å²) in [6.07, 6.45) is 2.75. The van der Waals surface area contributed by atoms with Crippen molar-refractivity contribution in [3.63, 3.8) is 0 Å². The molecule has 3 heterocycles. The minimum Gasteiger partial charge on any atom is -0.354 e. The van der Waals surface area contributed by atoms with Crippen molar-refractivity contribution in [3.8, 4) is 11.3 Å². The van der Waals surface area contributed by atoms with Gasteiger partial charge in [-0.05, 0) is 30.1 Å². The first kappa shape index (κ1) is 21.2. The van der Waals surface area contributed by atoms with Crippen LogP contribution in [0.5, 0.6) is 0 Å². The highest BCUT2D eigenvalue weighted by molar-refractivity contribution is 7.90. The second-order valence-corrected chi connectivity index (χ2v) is 9.09. The van der Waals surface area contributed by atoms with Gasteiger partial charge >= 0.3 is 0 Å². The van der Waals surface area contributed by atoms with Crippen LogP contribution in [0, 0.1) is 0 Å². The fraction of sp³-hybridized carbons (Fsp3) is 0.364. The molecular formula is C22H28N4O2S. The van der Waals surface area contributed by atoms with Gasteiger partial charge in [0, 0.05) is 49.6 Å². The Morgan fingerprint density at radius 2 is 1.76 bits per heavy atom. The normalized spacial score (nSPS) is 15.3.